The van der Waals surface area contributed by atoms with Crippen LogP contribution in [0.15, 0.2) is 18.2 Å². The molecule has 0 bridgehead atoms. The van der Waals surface area contributed by atoms with Crippen LogP contribution >= 0.6 is 0 Å². The number of nitrogens with one attached hydrogen (secondary N) is 2. The standard InChI is InChI=1S/C8H11BN2O/c1-11-8-3-2-7(9-12)4-6(8)5-10/h2-5,9-12H,1H3. The molecule has 0 aromatic heterocycles. The minimum atomic E-state index is 0.0187. The molecule has 0 saturated carbocycles. The van der Waals surface area contributed by atoms with Gasteiger partial charge in [-0.05, 0) is 6.07 Å². The van der Waals surface area contributed by atoms with Crippen molar-refractivity contribution in [1.29, 1.82) is 5.41 Å². The monoisotopic (exact) mass is 162 g/mol. The summed E-state index contributed by atoms with van der Waals surface area (Å²) in [7, 11) is 1.83. The lowest BCUT2D eigenvalue weighted by Gasteiger charge is -2.05. The van der Waals surface area contributed by atoms with Crippen molar-refractivity contribution in [2.24, 2.45) is 0 Å². The van der Waals surface area contributed by atoms with Crippen LogP contribution in [-0.2, 0) is 0 Å². The van der Waals surface area contributed by atoms with Crippen LogP contribution in [0.4, 0.5) is 5.69 Å². The SMILES string of the molecule is CNc1ccc(BO)cc1C=N. The Morgan fingerprint density at radius 1 is 1.58 bits per heavy atom. The summed E-state index contributed by atoms with van der Waals surface area (Å²) in [5.41, 5.74) is 2.53. The Bertz CT molecular complexity index is 288. The molecule has 1 rings (SSSR count). The predicted octanol–water partition coefficient (Wildman–Crippen LogP) is -0.305. The van der Waals surface area contributed by atoms with E-state index in [1.807, 2.05) is 12.1 Å². The quantitative estimate of drug-likeness (QED) is 0.422. The van der Waals surface area contributed by atoms with Crippen LogP contribution in [0.2, 0.25) is 0 Å². The lowest BCUT2D eigenvalue weighted by Crippen LogP contribution is -2.14. The summed E-state index contributed by atoms with van der Waals surface area (Å²) < 4.78 is 0. The first kappa shape index (κ1) is 8.81. The Hall–Kier alpha value is -1.29. The van der Waals surface area contributed by atoms with E-state index in [2.05, 4.69) is 5.32 Å². The molecule has 0 saturated heterocycles. The zero-order valence-electron chi connectivity index (χ0n) is 6.96. The predicted molar refractivity (Wildman–Crippen MR) is 52.9 cm³/mol. The Balaban J connectivity index is 3.10. The van der Waals surface area contributed by atoms with Gasteiger partial charge >= 0.3 is 7.48 Å². The molecule has 0 aliphatic carbocycles. The molecule has 0 fully saturated rings. The zero-order valence-corrected chi connectivity index (χ0v) is 6.96. The number of rotatable bonds is 3. The molecular formula is C8H11BN2O. The molecule has 0 unspecified atom stereocenters. The van der Waals surface area contributed by atoms with Crippen molar-refractivity contribution in [3.63, 3.8) is 0 Å². The average Bonchev–Trinajstić information content (AvgIpc) is 2.16. The van der Waals surface area contributed by atoms with Crippen molar-refractivity contribution in [2.45, 2.75) is 0 Å². The molecule has 4 heteroatoms. The van der Waals surface area contributed by atoms with Gasteiger partial charge in [0, 0.05) is 24.5 Å². The van der Waals surface area contributed by atoms with E-state index in [4.69, 9.17) is 10.4 Å². The van der Waals surface area contributed by atoms with Gasteiger partial charge in [-0.2, -0.15) is 0 Å². The molecule has 1 aromatic carbocycles. The largest absolute Gasteiger partial charge is 0.449 e. The summed E-state index contributed by atoms with van der Waals surface area (Å²) in [5, 5.41) is 18.9. The molecule has 12 heavy (non-hydrogen) atoms. The van der Waals surface area contributed by atoms with E-state index in [0.717, 1.165) is 16.7 Å². The molecule has 0 aliphatic rings. The van der Waals surface area contributed by atoms with Gasteiger partial charge < -0.3 is 15.8 Å². The van der Waals surface area contributed by atoms with Gasteiger partial charge in [-0.1, -0.05) is 17.6 Å². The molecule has 3 N–H and O–H groups in total. The third-order valence-corrected chi connectivity index (χ3v) is 1.72. The molecule has 3 nitrogen and oxygen atoms in total. The third kappa shape index (κ3) is 1.65. The Labute approximate surface area is 72.2 Å². The van der Waals surface area contributed by atoms with Gasteiger partial charge in [0.1, 0.15) is 0 Å². The summed E-state index contributed by atoms with van der Waals surface area (Å²) in [5.74, 6) is 0. The maximum atomic E-state index is 8.83. The molecule has 0 heterocycles. The Morgan fingerprint density at radius 3 is 2.83 bits per heavy atom. The van der Waals surface area contributed by atoms with Gasteiger partial charge in [-0.15, -0.1) is 0 Å². The van der Waals surface area contributed by atoms with Crippen LogP contribution < -0.4 is 10.8 Å². The van der Waals surface area contributed by atoms with Crippen molar-refractivity contribution in [2.75, 3.05) is 12.4 Å². The highest BCUT2D eigenvalue weighted by Crippen LogP contribution is 2.09. The fraction of sp³-hybridized carbons (Fsp3) is 0.125. The van der Waals surface area contributed by atoms with E-state index in [-0.39, 0.29) is 7.48 Å². The smallest absolute Gasteiger partial charge is 0.304 e. The second-order valence-corrected chi connectivity index (χ2v) is 2.47. The van der Waals surface area contributed by atoms with Gasteiger partial charge in [-0.25, -0.2) is 0 Å². The normalized spacial score (nSPS) is 9.17. The molecule has 0 radical (unpaired) electrons. The first-order valence-electron chi connectivity index (χ1n) is 3.74. The third-order valence-electron chi connectivity index (χ3n) is 1.72. The van der Waals surface area contributed by atoms with Gasteiger partial charge in [0.05, 0.1) is 0 Å². The summed E-state index contributed by atoms with van der Waals surface area (Å²) in [6.07, 6.45) is 1.27. The van der Waals surface area contributed by atoms with Crippen molar-refractivity contribution in [1.82, 2.24) is 0 Å². The van der Waals surface area contributed by atoms with Crippen LogP contribution in [0.1, 0.15) is 5.56 Å². The summed E-state index contributed by atoms with van der Waals surface area (Å²) >= 11 is 0. The first-order valence-corrected chi connectivity index (χ1v) is 3.74. The molecule has 1 aromatic rings. The van der Waals surface area contributed by atoms with Crippen LogP contribution in [0.3, 0.4) is 0 Å². The summed E-state index contributed by atoms with van der Waals surface area (Å²) in [4.78, 5) is 0. The highest BCUT2D eigenvalue weighted by atomic mass is 16.2. The fourth-order valence-electron chi connectivity index (χ4n) is 1.06. The fourth-order valence-corrected chi connectivity index (χ4v) is 1.06. The van der Waals surface area contributed by atoms with Gasteiger partial charge in [0.25, 0.3) is 0 Å². The van der Waals surface area contributed by atoms with Gasteiger partial charge in [0.15, 0.2) is 0 Å². The van der Waals surface area contributed by atoms with E-state index in [0.29, 0.717) is 0 Å². The molecular weight excluding hydrogens is 151 g/mol. The lowest BCUT2D eigenvalue weighted by atomic mass is 9.87. The van der Waals surface area contributed by atoms with Crippen molar-refractivity contribution < 1.29 is 5.02 Å². The molecule has 62 valence electrons. The first-order chi connectivity index (χ1) is 5.81. The van der Waals surface area contributed by atoms with Crippen LogP contribution in [-0.4, -0.2) is 25.8 Å². The minimum absolute atomic E-state index is 0.0187. The minimum Gasteiger partial charge on any atom is -0.449 e. The maximum Gasteiger partial charge on any atom is 0.304 e. The average molecular weight is 162 g/mol. The van der Waals surface area contributed by atoms with Crippen molar-refractivity contribution >= 4 is 24.8 Å². The second kappa shape index (κ2) is 3.92. The number of hydrogen-bond acceptors (Lipinski definition) is 3. The topological polar surface area (TPSA) is 56.1 Å². The van der Waals surface area contributed by atoms with E-state index < -0.39 is 0 Å². The molecule has 0 aliphatic heterocycles. The molecule has 0 atom stereocenters. The van der Waals surface area contributed by atoms with Crippen LogP contribution in [0.5, 0.6) is 0 Å². The summed E-state index contributed by atoms with van der Waals surface area (Å²) in [6, 6.07) is 5.48. The zero-order chi connectivity index (χ0) is 8.97. The maximum absolute atomic E-state index is 8.83. The van der Waals surface area contributed by atoms with Crippen molar-refractivity contribution in [3.05, 3.63) is 23.8 Å². The van der Waals surface area contributed by atoms with Crippen LogP contribution in [0.25, 0.3) is 0 Å². The van der Waals surface area contributed by atoms with E-state index in [9.17, 15) is 0 Å². The Morgan fingerprint density at radius 2 is 2.33 bits per heavy atom. The van der Waals surface area contributed by atoms with E-state index in [1.165, 1.54) is 6.21 Å². The van der Waals surface area contributed by atoms with Crippen LogP contribution in [0, 0.1) is 5.41 Å². The molecule has 0 spiro atoms. The molecule has 0 amide bonds. The van der Waals surface area contributed by atoms with E-state index >= 15 is 0 Å². The van der Waals surface area contributed by atoms with E-state index in [1.54, 1.807) is 13.1 Å². The summed E-state index contributed by atoms with van der Waals surface area (Å²) in [6.45, 7) is 0. The Kier molecular flexibility index (Phi) is 2.88. The highest BCUT2D eigenvalue weighted by Gasteiger charge is 1.99. The lowest BCUT2D eigenvalue weighted by molar-refractivity contribution is 0.615. The van der Waals surface area contributed by atoms with Gasteiger partial charge in [-0.3, -0.25) is 0 Å². The number of hydrogen-bond donors (Lipinski definition) is 3. The number of benzene rings is 1. The van der Waals surface area contributed by atoms with Crippen molar-refractivity contribution in [3.8, 4) is 0 Å². The highest BCUT2D eigenvalue weighted by molar-refractivity contribution is 6.45. The van der Waals surface area contributed by atoms with Gasteiger partial charge in [0.2, 0.25) is 0 Å². The second-order valence-electron chi connectivity index (χ2n) is 2.47. The number of anilines is 1.